The van der Waals surface area contributed by atoms with E-state index in [2.05, 4.69) is 15.3 Å². The first-order valence-electron chi connectivity index (χ1n) is 9.71. The topological polar surface area (TPSA) is 104 Å². The number of aromatic nitrogens is 2. The molecule has 1 amide bonds. The number of nitrogens with one attached hydrogen (secondary N) is 2. The van der Waals surface area contributed by atoms with Crippen molar-refractivity contribution in [2.45, 2.75) is 18.9 Å². The van der Waals surface area contributed by atoms with Gasteiger partial charge in [0.05, 0.1) is 0 Å². The van der Waals surface area contributed by atoms with Crippen molar-refractivity contribution in [1.29, 1.82) is 0 Å². The van der Waals surface area contributed by atoms with Gasteiger partial charge in [-0.15, -0.1) is 0 Å². The van der Waals surface area contributed by atoms with Gasteiger partial charge in [0.25, 0.3) is 5.56 Å². The zero-order valence-corrected chi connectivity index (χ0v) is 15.7. The molecule has 2 aliphatic rings. The molecule has 2 aromatic rings. The maximum Gasteiger partial charge on any atom is 0.271 e. The van der Waals surface area contributed by atoms with Gasteiger partial charge >= 0.3 is 0 Å². The van der Waals surface area contributed by atoms with Crippen LogP contribution >= 0.6 is 0 Å². The van der Waals surface area contributed by atoms with Crippen LogP contribution in [0.5, 0.6) is 0 Å². The van der Waals surface area contributed by atoms with Gasteiger partial charge in [-0.25, -0.2) is 0 Å². The number of likely N-dealkylation sites (tertiary alicyclic amines) is 1. The van der Waals surface area contributed by atoms with Gasteiger partial charge in [-0.3, -0.25) is 14.6 Å². The van der Waals surface area contributed by atoms with Gasteiger partial charge in [0.2, 0.25) is 5.91 Å². The molecule has 7 nitrogen and oxygen atoms in total. The summed E-state index contributed by atoms with van der Waals surface area (Å²) in [5.74, 6) is 0.923. The molecule has 4 rings (SSSR count). The molecule has 1 atom stereocenters. The van der Waals surface area contributed by atoms with E-state index in [9.17, 15) is 9.59 Å². The van der Waals surface area contributed by atoms with Crippen LogP contribution in [0, 0.1) is 11.8 Å². The molecule has 1 saturated heterocycles. The Hall–Kier alpha value is -2.93. The third-order valence-electron chi connectivity index (χ3n) is 5.49. The zero-order valence-electron chi connectivity index (χ0n) is 15.7. The predicted molar refractivity (Wildman–Crippen MR) is 109 cm³/mol. The molecular weight excluding hydrogens is 354 g/mol. The van der Waals surface area contributed by atoms with Crippen LogP contribution in [-0.2, 0) is 4.79 Å². The highest BCUT2D eigenvalue weighted by Crippen LogP contribution is 2.40. The van der Waals surface area contributed by atoms with Gasteiger partial charge in [0, 0.05) is 61.8 Å². The number of carbonyl (C=O) groups excluding carboxylic acids is 1. The first kappa shape index (κ1) is 18.4. The summed E-state index contributed by atoms with van der Waals surface area (Å²) in [6, 6.07) is 5.94. The minimum atomic E-state index is -0.124. The Morgan fingerprint density at radius 2 is 2.04 bits per heavy atom. The Bertz CT molecular complexity index is 914. The van der Waals surface area contributed by atoms with E-state index in [0.29, 0.717) is 37.2 Å². The SMILES string of the molecule is NC/C=C/C(=O)N1CC(C(Nc2cc(-c3ccncc3)c[nH]c2=O)C2CC2)C1. The normalized spacial score (nSPS) is 18.1. The molecule has 7 heteroatoms. The smallest absolute Gasteiger partial charge is 0.271 e. The summed E-state index contributed by atoms with van der Waals surface area (Å²) < 4.78 is 0. The third kappa shape index (κ3) is 3.99. The largest absolute Gasteiger partial charge is 0.377 e. The van der Waals surface area contributed by atoms with E-state index in [0.717, 1.165) is 24.0 Å². The number of anilines is 1. The minimum absolute atomic E-state index is 0.00813. The van der Waals surface area contributed by atoms with Crippen molar-refractivity contribution in [2.75, 3.05) is 25.0 Å². The Balaban J connectivity index is 1.47. The van der Waals surface area contributed by atoms with Gasteiger partial charge in [0.15, 0.2) is 0 Å². The lowest BCUT2D eigenvalue weighted by Gasteiger charge is -2.43. The molecule has 0 bridgehead atoms. The minimum Gasteiger partial charge on any atom is -0.377 e. The Morgan fingerprint density at radius 1 is 1.29 bits per heavy atom. The van der Waals surface area contributed by atoms with Crippen LogP contribution in [0.15, 0.2) is 53.7 Å². The number of hydrogen-bond acceptors (Lipinski definition) is 5. The highest BCUT2D eigenvalue weighted by atomic mass is 16.2. The number of nitrogens with zero attached hydrogens (tertiary/aromatic N) is 2. The van der Waals surface area contributed by atoms with Gasteiger partial charge in [-0.05, 0) is 42.5 Å². The van der Waals surface area contributed by atoms with E-state index in [1.165, 1.54) is 0 Å². The van der Waals surface area contributed by atoms with E-state index < -0.39 is 0 Å². The van der Waals surface area contributed by atoms with Crippen LogP contribution in [0.1, 0.15) is 12.8 Å². The lowest BCUT2D eigenvalue weighted by molar-refractivity contribution is -0.132. The first-order valence-corrected chi connectivity index (χ1v) is 9.71. The molecule has 0 spiro atoms. The summed E-state index contributed by atoms with van der Waals surface area (Å²) >= 11 is 0. The fourth-order valence-corrected chi connectivity index (χ4v) is 3.75. The summed E-state index contributed by atoms with van der Waals surface area (Å²) in [6.07, 6.45) is 10.7. The van der Waals surface area contributed by atoms with Crippen molar-refractivity contribution in [1.82, 2.24) is 14.9 Å². The van der Waals surface area contributed by atoms with Gasteiger partial charge in [-0.2, -0.15) is 0 Å². The standard InChI is InChI=1S/C21H25N5O2/c22-7-1-2-19(27)26-12-17(13-26)20(15-3-4-15)25-18-10-16(11-24-21(18)28)14-5-8-23-9-6-14/h1-2,5-6,8-11,15,17,20,25H,3-4,7,12-13,22H2,(H,24,28)/b2-1+. The maximum absolute atomic E-state index is 12.4. The highest BCUT2D eigenvalue weighted by molar-refractivity contribution is 5.88. The van der Waals surface area contributed by atoms with E-state index in [4.69, 9.17) is 5.73 Å². The lowest BCUT2D eigenvalue weighted by atomic mass is 9.88. The Kier molecular flexibility index (Phi) is 5.25. The third-order valence-corrected chi connectivity index (χ3v) is 5.49. The second-order valence-corrected chi connectivity index (χ2v) is 7.52. The van der Waals surface area contributed by atoms with Crippen molar-refractivity contribution in [2.24, 2.45) is 17.6 Å². The van der Waals surface area contributed by atoms with E-state index >= 15 is 0 Å². The first-order chi connectivity index (χ1) is 13.7. The van der Waals surface area contributed by atoms with Crippen molar-refractivity contribution >= 4 is 11.6 Å². The summed E-state index contributed by atoms with van der Waals surface area (Å²) in [7, 11) is 0. The number of aromatic amines is 1. The molecule has 1 aliphatic carbocycles. The quantitative estimate of drug-likeness (QED) is 0.634. The van der Waals surface area contributed by atoms with Gasteiger partial charge in [0.1, 0.15) is 5.69 Å². The molecule has 28 heavy (non-hydrogen) atoms. The zero-order chi connectivity index (χ0) is 19.5. The number of amides is 1. The van der Waals surface area contributed by atoms with Gasteiger partial charge in [-0.1, -0.05) is 6.08 Å². The van der Waals surface area contributed by atoms with Crippen molar-refractivity contribution < 1.29 is 4.79 Å². The van der Waals surface area contributed by atoms with Crippen LogP contribution in [-0.4, -0.2) is 46.5 Å². The Morgan fingerprint density at radius 3 is 2.71 bits per heavy atom. The fraction of sp³-hybridized carbons (Fsp3) is 0.381. The number of nitrogens with two attached hydrogens (primary N) is 1. The van der Waals surface area contributed by atoms with E-state index in [1.54, 1.807) is 30.7 Å². The summed E-state index contributed by atoms with van der Waals surface area (Å²) in [4.78, 5) is 33.1. The van der Waals surface area contributed by atoms with E-state index in [-0.39, 0.29) is 17.5 Å². The molecule has 146 valence electrons. The monoisotopic (exact) mass is 379 g/mol. The summed E-state index contributed by atoms with van der Waals surface area (Å²) in [5, 5.41) is 3.49. The molecule has 2 aromatic heterocycles. The molecular formula is C21H25N5O2. The van der Waals surface area contributed by atoms with Crippen molar-refractivity contribution in [3.63, 3.8) is 0 Å². The molecule has 1 aliphatic heterocycles. The fourth-order valence-electron chi connectivity index (χ4n) is 3.75. The molecule has 2 fully saturated rings. The molecule has 4 N–H and O–H groups in total. The number of pyridine rings is 2. The predicted octanol–water partition coefficient (Wildman–Crippen LogP) is 1.60. The summed E-state index contributed by atoms with van der Waals surface area (Å²) in [6.45, 7) is 1.79. The van der Waals surface area contributed by atoms with Crippen LogP contribution in [0.3, 0.4) is 0 Å². The van der Waals surface area contributed by atoms with Gasteiger partial charge < -0.3 is 20.9 Å². The number of hydrogen-bond donors (Lipinski definition) is 3. The lowest BCUT2D eigenvalue weighted by Crippen LogP contribution is -2.56. The van der Waals surface area contributed by atoms with Crippen LogP contribution in [0.25, 0.3) is 11.1 Å². The van der Waals surface area contributed by atoms with E-state index in [1.807, 2.05) is 23.1 Å². The number of rotatable bonds is 7. The highest BCUT2D eigenvalue weighted by Gasteiger charge is 2.43. The Labute approximate surface area is 163 Å². The molecule has 1 unspecified atom stereocenters. The number of H-pyrrole nitrogens is 1. The van der Waals surface area contributed by atoms with Crippen LogP contribution in [0.4, 0.5) is 5.69 Å². The average molecular weight is 379 g/mol. The molecule has 3 heterocycles. The van der Waals surface area contributed by atoms with Crippen molar-refractivity contribution in [3.8, 4) is 11.1 Å². The maximum atomic E-state index is 12.4. The molecule has 0 radical (unpaired) electrons. The summed E-state index contributed by atoms with van der Waals surface area (Å²) in [5.41, 5.74) is 7.81. The van der Waals surface area contributed by atoms with Crippen LogP contribution < -0.4 is 16.6 Å². The molecule has 0 aromatic carbocycles. The number of carbonyl (C=O) groups is 1. The van der Waals surface area contributed by atoms with Crippen molar-refractivity contribution in [3.05, 3.63) is 59.3 Å². The second-order valence-electron chi connectivity index (χ2n) is 7.52. The second kappa shape index (κ2) is 7.98. The van der Waals surface area contributed by atoms with Crippen LogP contribution in [0.2, 0.25) is 0 Å². The molecule has 1 saturated carbocycles. The average Bonchev–Trinajstić information content (AvgIpc) is 3.51.